The van der Waals surface area contributed by atoms with E-state index in [1.807, 2.05) is 60.7 Å². The first kappa shape index (κ1) is 12.9. The maximum atomic E-state index is 11.5. The summed E-state index contributed by atoms with van der Waals surface area (Å²) in [6.45, 7) is 0.593. The molecule has 0 aliphatic carbocycles. The molecule has 92 valence electrons. The summed E-state index contributed by atoms with van der Waals surface area (Å²) in [7, 11) is -2.08. The molecule has 2 aromatic rings. The van der Waals surface area contributed by atoms with Gasteiger partial charge in [0, 0.05) is 4.57 Å². The smallest absolute Gasteiger partial charge is 0.114 e. The first-order valence-corrected chi connectivity index (χ1v) is 6.75. The van der Waals surface area contributed by atoms with Crippen molar-refractivity contribution in [3.8, 4) is 0 Å². The molecule has 18 heavy (non-hydrogen) atoms. The lowest BCUT2D eigenvalue weighted by atomic mass is 10.2. The Morgan fingerprint density at radius 1 is 0.722 bits per heavy atom. The summed E-state index contributed by atoms with van der Waals surface area (Å²) in [6.07, 6.45) is 0. The molecule has 0 atom stereocenters. The van der Waals surface area contributed by atoms with E-state index in [1.165, 1.54) is 0 Å². The average Bonchev–Trinajstić information content (AvgIpc) is 2.45. The molecule has 0 saturated heterocycles. The zero-order chi connectivity index (χ0) is 12.6. The Morgan fingerprint density at radius 2 is 1.11 bits per heavy atom. The van der Waals surface area contributed by atoms with Crippen LogP contribution in [0, 0.1) is 0 Å². The van der Waals surface area contributed by atoms with E-state index in [4.69, 9.17) is 9.05 Å². The van der Waals surface area contributed by atoms with Crippen molar-refractivity contribution >= 4 is 8.25 Å². The fraction of sp³-hybridized carbons (Fsp3) is 0.143. The quantitative estimate of drug-likeness (QED) is 0.735. The Morgan fingerprint density at radius 3 is 1.50 bits per heavy atom. The lowest BCUT2D eigenvalue weighted by molar-refractivity contribution is 0.213. The maximum Gasteiger partial charge on any atom is 0.698 e. The van der Waals surface area contributed by atoms with Gasteiger partial charge in [-0.1, -0.05) is 60.7 Å². The van der Waals surface area contributed by atoms with Gasteiger partial charge in [0.15, 0.2) is 0 Å². The minimum Gasteiger partial charge on any atom is -0.114 e. The van der Waals surface area contributed by atoms with E-state index in [0.717, 1.165) is 11.1 Å². The molecule has 4 heteroatoms. The van der Waals surface area contributed by atoms with E-state index in [2.05, 4.69) is 0 Å². The van der Waals surface area contributed by atoms with Crippen molar-refractivity contribution in [1.29, 1.82) is 0 Å². The third kappa shape index (κ3) is 4.38. The zero-order valence-corrected chi connectivity index (χ0v) is 10.8. The standard InChI is InChI=1S/C14H14O3P/c15-18(16-11-13-7-3-1-4-8-13)17-12-14-9-5-2-6-10-14/h1-10H,11-12H2/q+1. The van der Waals surface area contributed by atoms with Crippen molar-refractivity contribution < 1.29 is 13.6 Å². The Kier molecular flexibility index (Phi) is 5.03. The van der Waals surface area contributed by atoms with Gasteiger partial charge >= 0.3 is 8.25 Å². The molecule has 0 saturated carbocycles. The fourth-order valence-corrected chi connectivity index (χ4v) is 2.02. The number of benzene rings is 2. The Balaban J connectivity index is 1.73. The van der Waals surface area contributed by atoms with Crippen molar-refractivity contribution in [2.75, 3.05) is 0 Å². The van der Waals surface area contributed by atoms with Gasteiger partial charge in [0.05, 0.1) is 0 Å². The summed E-state index contributed by atoms with van der Waals surface area (Å²) >= 11 is 0. The monoisotopic (exact) mass is 261 g/mol. The highest BCUT2D eigenvalue weighted by Crippen LogP contribution is 2.27. The summed E-state index contributed by atoms with van der Waals surface area (Å²) < 4.78 is 21.8. The predicted molar refractivity (Wildman–Crippen MR) is 70.1 cm³/mol. The molecule has 0 fully saturated rings. The van der Waals surface area contributed by atoms with Crippen molar-refractivity contribution in [3.63, 3.8) is 0 Å². The van der Waals surface area contributed by atoms with E-state index in [9.17, 15) is 4.57 Å². The molecular weight excluding hydrogens is 247 g/mol. The number of hydrogen-bond acceptors (Lipinski definition) is 3. The second-order valence-electron chi connectivity index (χ2n) is 3.74. The van der Waals surface area contributed by atoms with Crippen molar-refractivity contribution in [3.05, 3.63) is 71.8 Å². The van der Waals surface area contributed by atoms with Gasteiger partial charge in [-0.2, -0.15) is 0 Å². The lowest BCUT2D eigenvalue weighted by Gasteiger charge is -1.95. The molecule has 0 radical (unpaired) electrons. The van der Waals surface area contributed by atoms with Gasteiger partial charge in [-0.25, -0.2) is 0 Å². The topological polar surface area (TPSA) is 35.5 Å². The van der Waals surface area contributed by atoms with Crippen LogP contribution in [-0.2, 0) is 26.8 Å². The summed E-state index contributed by atoms with van der Waals surface area (Å²) in [5, 5.41) is 0. The van der Waals surface area contributed by atoms with Crippen LogP contribution in [0.2, 0.25) is 0 Å². The van der Waals surface area contributed by atoms with Crippen molar-refractivity contribution in [2.45, 2.75) is 13.2 Å². The average molecular weight is 261 g/mol. The minimum absolute atomic E-state index is 0.296. The van der Waals surface area contributed by atoms with Crippen molar-refractivity contribution in [2.24, 2.45) is 0 Å². The molecule has 0 aliphatic rings. The van der Waals surface area contributed by atoms with Crippen molar-refractivity contribution in [1.82, 2.24) is 0 Å². The molecule has 0 amide bonds. The molecule has 0 aliphatic heterocycles. The third-order valence-corrected chi connectivity index (χ3v) is 3.04. The van der Waals surface area contributed by atoms with Crippen LogP contribution in [0.25, 0.3) is 0 Å². The van der Waals surface area contributed by atoms with E-state index in [-0.39, 0.29) is 0 Å². The number of hydrogen-bond donors (Lipinski definition) is 0. The highest BCUT2D eigenvalue weighted by atomic mass is 31.1. The SMILES string of the molecule is O=[P+](OCc1ccccc1)OCc1ccccc1. The Labute approximate surface area is 107 Å². The second kappa shape index (κ2) is 7.02. The summed E-state index contributed by atoms with van der Waals surface area (Å²) in [5.41, 5.74) is 1.95. The predicted octanol–water partition coefficient (Wildman–Crippen LogP) is 4.08. The largest absolute Gasteiger partial charge is 0.698 e. The van der Waals surface area contributed by atoms with Crippen LogP contribution < -0.4 is 0 Å². The highest BCUT2D eigenvalue weighted by Gasteiger charge is 2.20. The second-order valence-corrected chi connectivity index (χ2v) is 4.71. The molecular formula is C14H14O3P+. The van der Waals surface area contributed by atoms with Crippen LogP contribution in [0.1, 0.15) is 11.1 Å². The van der Waals surface area contributed by atoms with Crippen LogP contribution in [0.3, 0.4) is 0 Å². The lowest BCUT2D eigenvalue weighted by Crippen LogP contribution is -1.89. The van der Waals surface area contributed by atoms with Gasteiger partial charge in [0.2, 0.25) is 0 Å². The summed E-state index contributed by atoms with van der Waals surface area (Å²) in [5.74, 6) is 0. The summed E-state index contributed by atoms with van der Waals surface area (Å²) in [4.78, 5) is 0. The fourth-order valence-electron chi connectivity index (χ4n) is 1.44. The first-order chi connectivity index (χ1) is 8.84. The van der Waals surface area contributed by atoms with E-state index >= 15 is 0 Å². The van der Waals surface area contributed by atoms with Crippen LogP contribution in [0.15, 0.2) is 60.7 Å². The molecule has 2 rings (SSSR count). The summed E-state index contributed by atoms with van der Waals surface area (Å²) in [6, 6.07) is 19.2. The van der Waals surface area contributed by atoms with E-state index in [0.29, 0.717) is 13.2 Å². The molecule has 0 N–H and O–H groups in total. The highest BCUT2D eigenvalue weighted by molar-refractivity contribution is 7.33. The Hall–Kier alpha value is -1.54. The van der Waals surface area contributed by atoms with Gasteiger partial charge in [-0.05, 0) is 11.1 Å². The molecule has 2 aromatic carbocycles. The molecule has 3 nitrogen and oxygen atoms in total. The van der Waals surface area contributed by atoms with Gasteiger partial charge in [-0.15, -0.1) is 9.05 Å². The zero-order valence-electron chi connectivity index (χ0n) is 9.86. The third-order valence-electron chi connectivity index (χ3n) is 2.36. The van der Waals surface area contributed by atoms with Crippen LogP contribution >= 0.6 is 8.25 Å². The van der Waals surface area contributed by atoms with E-state index < -0.39 is 8.25 Å². The normalized spacial score (nSPS) is 10.2. The van der Waals surface area contributed by atoms with Gasteiger partial charge < -0.3 is 0 Å². The molecule has 0 aromatic heterocycles. The first-order valence-electron chi connectivity index (χ1n) is 5.65. The van der Waals surface area contributed by atoms with Gasteiger partial charge in [0.1, 0.15) is 13.2 Å². The van der Waals surface area contributed by atoms with Gasteiger partial charge in [-0.3, -0.25) is 0 Å². The molecule has 0 unspecified atom stereocenters. The van der Waals surface area contributed by atoms with E-state index in [1.54, 1.807) is 0 Å². The van der Waals surface area contributed by atoms with Crippen LogP contribution in [-0.4, -0.2) is 0 Å². The molecule has 0 heterocycles. The van der Waals surface area contributed by atoms with Crippen LogP contribution in [0.5, 0.6) is 0 Å². The van der Waals surface area contributed by atoms with Crippen LogP contribution in [0.4, 0.5) is 0 Å². The Bertz CT molecular complexity index is 439. The molecule has 0 spiro atoms. The molecule has 0 bridgehead atoms. The minimum atomic E-state index is -2.08. The number of rotatable bonds is 6. The maximum absolute atomic E-state index is 11.5. The van der Waals surface area contributed by atoms with Gasteiger partial charge in [0.25, 0.3) is 0 Å².